The Bertz CT molecular complexity index is 782. The standard InChI is InChI=1S/C19H23NO6/c1-20-6-5-19-16(20)13-9-7-11(22-2)12(23-3)8-10(9)18(21)25-14(13)15(24-4)17(19)26-19/h7-8,13-17H,5-6H2,1-4H3. The van der Waals surface area contributed by atoms with Crippen LogP contribution in [0.3, 0.4) is 0 Å². The maximum Gasteiger partial charge on any atom is 0.338 e. The van der Waals surface area contributed by atoms with Crippen molar-refractivity contribution >= 4 is 5.97 Å². The molecule has 4 aliphatic rings. The van der Waals surface area contributed by atoms with E-state index in [2.05, 4.69) is 11.9 Å². The number of esters is 1. The SMILES string of the molecule is COc1cc2c(cc1OC)C1C(OC2=O)C(OC)C2OC23CCN(C)C13. The van der Waals surface area contributed by atoms with Crippen molar-refractivity contribution in [3.8, 4) is 11.5 Å². The number of hydrogen-bond acceptors (Lipinski definition) is 7. The fourth-order valence-corrected chi connectivity index (χ4v) is 5.41. The summed E-state index contributed by atoms with van der Waals surface area (Å²) in [6.07, 6.45) is 0.328. The molecule has 5 rings (SSSR count). The Hall–Kier alpha value is -1.83. The lowest BCUT2D eigenvalue weighted by Crippen LogP contribution is -2.59. The third-order valence-corrected chi connectivity index (χ3v) is 6.57. The van der Waals surface area contributed by atoms with Gasteiger partial charge in [-0.25, -0.2) is 4.79 Å². The van der Waals surface area contributed by atoms with E-state index < -0.39 is 0 Å². The van der Waals surface area contributed by atoms with E-state index in [-0.39, 0.29) is 41.8 Å². The highest BCUT2D eigenvalue weighted by molar-refractivity contribution is 5.94. The molecule has 140 valence electrons. The highest BCUT2D eigenvalue weighted by Gasteiger charge is 2.76. The van der Waals surface area contributed by atoms with E-state index in [0.717, 1.165) is 18.5 Å². The summed E-state index contributed by atoms with van der Waals surface area (Å²) in [5.41, 5.74) is 1.26. The van der Waals surface area contributed by atoms with Gasteiger partial charge < -0.3 is 23.7 Å². The molecule has 1 saturated carbocycles. The molecule has 6 atom stereocenters. The molecule has 0 radical (unpaired) electrons. The van der Waals surface area contributed by atoms with Gasteiger partial charge in [0.2, 0.25) is 0 Å². The van der Waals surface area contributed by atoms with E-state index in [1.165, 1.54) is 0 Å². The van der Waals surface area contributed by atoms with Crippen molar-refractivity contribution in [1.29, 1.82) is 0 Å². The van der Waals surface area contributed by atoms with Crippen LogP contribution in [0, 0.1) is 0 Å². The van der Waals surface area contributed by atoms with E-state index in [1.54, 1.807) is 27.4 Å². The van der Waals surface area contributed by atoms with Crippen LogP contribution in [0.5, 0.6) is 11.5 Å². The summed E-state index contributed by atoms with van der Waals surface area (Å²) in [7, 11) is 6.93. The molecule has 0 N–H and O–H groups in total. The minimum atomic E-state index is -0.371. The normalized spacial score (nSPS) is 40.0. The van der Waals surface area contributed by atoms with Crippen molar-refractivity contribution in [3.63, 3.8) is 0 Å². The zero-order valence-corrected chi connectivity index (χ0v) is 15.4. The zero-order chi connectivity index (χ0) is 18.2. The molecule has 0 bridgehead atoms. The largest absolute Gasteiger partial charge is 0.493 e. The number of carbonyl (C=O) groups excluding carboxylic acids is 1. The lowest BCUT2D eigenvalue weighted by molar-refractivity contribution is -0.0778. The summed E-state index contributed by atoms with van der Waals surface area (Å²) >= 11 is 0. The van der Waals surface area contributed by atoms with E-state index in [9.17, 15) is 4.79 Å². The second-order valence-electron chi connectivity index (χ2n) is 7.56. The van der Waals surface area contributed by atoms with E-state index in [4.69, 9.17) is 23.7 Å². The van der Waals surface area contributed by atoms with Gasteiger partial charge in [0.15, 0.2) is 11.5 Å². The number of hydrogen-bond donors (Lipinski definition) is 0. The maximum atomic E-state index is 12.7. The van der Waals surface area contributed by atoms with Crippen LogP contribution in [0.2, 0.25) is 0 Å². The van der Waals surface area contributed by atoms with Crippen molar-refractivity contribution < 1.29 is 28.5 Å². The first kappa shape index (κ1) is 16.4. The maximum absolute atomic E-state index is 12.7. The van der Waals surface area contributed by atoms with Crippen molar-refractivity contribution in [2.75, 3.05) is 34.9 Å². The first-order chi connectivity index (χ1) is 12.6. The number of nitrogens with zero attached hydrogens (tertiary/aromatic N) is 1. The molecule has 3 aliphatic heterocycles. The Morgan fingerprint density at radius 3 is 2.62 bits per heavy atom. The van der Waals surface area contributed by atoms with Gasteiger partial charge in [0.1, 0.15) is 23.9 Å². The number of rotatable bonds is 3. The average molecular weight is 361 g/mol. The number of likely N-dealkylation sites (N-methyl/N-ethyl adjacent to an activating group) is 1. The van der Waals surface area contributed by atoms with E-state index >= 15 is 0 Å². The summed E-state index contributed by atoms with van der Waals surface area (Å²) in [5.74, 6) is 0.759. The second kappa shape index (κ2) is 5.34. The van der Waals surface area contributed by atoms with Crippen LogP contribution in [0.1, 0.15) is 28.3 Å². The summed E-state index contributed by atoms with van der Waals surface area (Å²) in [6.45, 7) is 0.956. The Morgan fingerprint density at radius 1 is 1.19 bits per heavy atom. The van der Waals surface area contributed by atoms with Crippen LogP contribution in [0.4, 0.5) is 0 Å². The number of epoxide rings is 1. The minimum absolute atomic E-state index is 0.0156. The van der Waals surface area contributed by atoms with Gasteiger partial charge in [-0.2, -0.15) is 0 Å². The highest BCUT2D eigenvalue weighted by atomic mass is 16.7. The number of fused-ring (bicyclic) bond motifs is 4. The molecule has 3 fully saturated rings. The molecule has 0 aromatic heterocycles. The van der Waals surface area contributed by atoms with Gasteiger partial charge in [-0.3, -0.25) is 4.90 Å². The van der Waals surface area contributed by atoms with Gasteiger partial charge in [0, 0.05) is 19.6 Å². The molecule has 7 heteroatoms. The van der Waals surface area contributed by atoms with Gasteiger partial charge in [-0.05, 0) is 31.2 Å². The first-order valence-corrected chi connectivity index (χ1v) is 8.93. The van der Waals surface area contributed by atoms with Crippen LogP contribution >= 0.6 is 0 Å². The van der Waals surface area contributed by atoms with Crippen molar-refractivity contribution in [1.82, 2.24) is 4.90 Å². The van der Waals surface area contributed by atoms with E-state index in [0.29, 0.717) is 17.1 Å². The molecular weight excluding hydrogens is 338 g/mol. The minimum Gasteiger partial charge on any atom is -0.493 e. The number of carbonyl (C=O) groups is 1. The Labute approximate surface area is 152 Å². The molecule has 3 heterocycles. The molecule has 1 aromatic rings. The topological polar surface area (TPSA) is 69.8 Å². The van der Waals surface area contributed by atoms with E-state index in [1.807, 2.05) is 6.07 Å². The predicted octanol–water partition coefficient (Wildman–Crippen LogP) is 1.20. The Morgan fingerprint density at radius 2 is 1.92 bits per heavy atom. The number of benzene rings is 1. The second-order valence-corrected chi connectivity index (χ2v) is 7.56. The molecule has 1 aliphatic carbocycles. The lowest BCUT2D eigenvalue weighted by Gasteiger charge is -2.45. The smallest absolute Gasteiger partial charge is 0.338 e. The van der Waals surface area contributed by atoms with Crippen LogP contribution in [-0.2, 0) is 14.2 Å². The molecule has 1 aromatic carbocycles. The number of ether oxygens (including phenoxy) is 5. The highest BCUT2D eigenvalue weighted by Crippen LogP contribution is 2.61. The Kier molecular flexibility index (Phi) is 3.36. The lowest BCUT2D eigenvalue weighted by atomic mass is 9.69. The molecular formula is C19H23NO6. The summed E-state index contributed by atoms with van der Waals surface area (Å²) in [4.78, 5) is 15.1. The van der Waals surface area contributed by atoms with Crippen molar-refractivity contribution in [2.45, 2.75) is 42.3 Å². The average Bonchev–Trinajstić information content (AvgIpc) is 3.29. The monoisotopic (exact) mass is 361 g/mol. The van der Waals surface area contributed by atoms with Crippen LogP contribution < -0.4 is 9.47 Å². The van der Waals surface area contributed by atoms with Gasteiger partial charge in [-0.1, -0.05) is 0 Å². The third kappa shape index (κ3) is 1.86. The molecule has 2 saturated heterocycles. The van der Waals surface area contributed by atoms with Crippen LogP contribution in [-0.4, -0.2) is 75.7 Å². The molecule has 6 unspecified atom stereocenters. The fourth-order valence-electron chi connectivity index (χ4n) is 5.41. The molecule has 7 nitrogen and oxygen atoms in total. The van der Waals surface area contributed by atoms with Gasteiger partial charge >= 0.3 is 5.97 Å². The fraction of sp³-hybridized carbons (Fsp3) is 0.632. The van der Waals surface area contributed by atoms with Gasteiger partial charge in [0.25, 0.3) is 0 Å². The number of likely N-dealkylation sites (tertiary alicyclic amines) is 1. The molecule has 0 amide bonds. The van der Waals surface area contributed by atoms with Gasteiger partial charge in [0.05, 0.1) is 25.8 Å². The number of methoxy groups -OCH3 is 3. The first-order valence-electron chi connectivity index (χ1n) is 8.93. The van der Waals surface area contributed by atoms with Crippen molar-refractivity contribution in [3.05, 3.63) is 23.3 Å². The van der Waals surface area contributed by atoms with Gasteiger partial charge in [-0.15, -0.1) is 0 Å². The molecule has 1 spiro atoms. The quantitative estimate of drug-likeness (QED) is 0.592. The van der Waals surface area contributed by atoms with Crippen molar-refractivity contribution in [2.24, 2.45) is 0 Å². The summed E-state index contributed by atoms with van der Waals surface area (Å²) in [6, 6.07) is 3.78. The predicted molar refractivity (Wildman–Crippen MR) is 90.9 cm³/mol. The van der Waals surface area contributed by atoms with Crippen LogP contribution in [0.25, 0.3) is 0 Å². The molecule has 26 heavy (non-hydrogen) atoms. The Balaban J connectivity index is 1.69. The zero-order valence-electron chi connectivity index (χ0n) is 15.4. The van der Waals surface area contributed by atoms with Crippen LogP contribution in [0.15, 0.2) is 12.1 Å². The summed E-state index contributed by atoms with van der Waals surface area (Å²) < 4.78 is 28.7. The summed E-state index contributed by atoms with van der Waals surface area (Å²) in [5, 5.41) is 0. The third-order valence-electron chi connectivity index (χ3n) is 6.57.